The lowest BCUT2D eigenvalue weighted by Crippen LogP contribution is -2.46. The lowest BCUT2D eigenvalue weighted by molar-refractivity contribution is 0.200. The average Bonchev–Trinajstić information content (AvgIpc) is 2.16. The van der Waals surface area contributed by atoms with Crippen LogP contribution >= 0.6 is 0 Å². The summed E-state index contributed by atoms with van der Waals surface area (Å²) in [4.78, 5) is 13.3. The van der Waals surface area contributed by atoms with Gasteiger partial charge in [0.1, 0.15) is 0 Å². The molecule has 0 saturated carbocycles. The number of nitrogens with two attached hydrogens (primary N) is 1. The molecule has 0 aromatic carbocycles. The maximum atomic E-state index is 11.6. The maximum absolute atomic E-state index is 11.6. The number of amidine groups is 1. The first kappa shape index (κ1) is 13.7. The van der Waals surface area contributed by atoms with E-state index in [0.29, 0.717) is 19.6 Å². The van der Waals surface area contributed by atoms with Crippen LogP contribution in [0.15, 0.2) is 0 Å². The highest BCUT2D eigenvalue weighted by atomic mass is 16.2. The van der Waals surface area contributed by atoms with Gasteiger partial charge in [-0.1, -0.05) is 13.8 Å². The summed E-state index contributed by atoms with van der Waals surface area (Å²) in [6, 6.07) is -0.102. The molecule has 0 unspecified atom stereocenters. The van der Waals surface area contributed by atoms with Gasteiger partial charge in [0, 0.05) is 25.0 Å². The number of rotatable bonds is 5. The van der Waals surface area contributed by atoms with Gasteiger partial charge in [-0.2, -0.15) is 0 Å². The van der Waals surface area contributed by atoms with Crippen molar-refractivity contribution in [3.05, 3.63) is 0 Å². The van der Waals surface area contributed by atoms with Crippen LogP contribution in [-0.2, 0) is 0 Å². The molecule has 0 aliphatic rings. The van der Waals surface area contributed by atoms with Gasteiger partial charge in [-0.3, -0.25) is 5.41 Å². The van der Waals surface area contributed by atoms with Crippen molar-refractivity contribution >= 4 is 11.9 Å². The normalized spacial score (nSPS) is 10.9. The highest BCUT2D eigenvalue weighted by Gasteiger charge is 2.23. The van der Waals surface area contributed by atoms with Crippen molar-refractivity contribution in [3.8, 4) is 0 Å². The van der Waals surface area contributed by atoms with E-state index in [1.807, 2.05) is 27.7 Å². The second kappa shape index (κ2) is 5.58. The fourth-order valence-electron chi connectivity index (χ4n) is 1.01. The van der Waals surface area contributed by atoms with Crippen molar-refractivity contribution in [2.75, 3.05) is 19.6 Å². The molecule has 88 valence electrons. The Morgan fingerprint density at radius 3 is 2.20 bits per heavy atom. The molecule has 0 atom stereocenters. The van der Waals surface area contributed by atoms with Gasteiger partial charge in [0.05, 0.1) is 5.84 Å². The summed E-state index contributed by atoms with van der Waals surface area (Å²) >= 11 is 0. The van der Waals surface area contributed by atoms with Crippen LogP contribution in [0.1, 0.15) is 27.7 Å². The van der Waals surface area contributed by atoms with E-state index in [1.165, 1.54) is 0 Å². The molecule has 5 nitrogen and oxygen atoms in total. The largest absolute Gasteiger partial charge is 0.387 e. The molecular formula is C10H22N4O. The lowest BCUT2D eigenvalue weighted by Gasteiger charge is -2.26. The zero-order valence-electron chi connectivity index (χ0n) is 10.1. The summed E-state index contributed by atoms with van der Waals surface area (Å²) in [5.41, 5.74) is 4.93. The van der Waals surface area contributed by atoms with E-state index < -0.39 is 5.41 Å². The van der Waals surface area contributed by atoms with Crippen molar-refractivity contribution in [1.29, 1.82) is 5.41 Å². The second-order valence-corrected chi connectivity index (χ2v) is 4.13. The third kappa shape index (κ3) is 4.18. The minimum Gasteiger partial charge on any atom is -0.387 e. The molecule has 0 aromatic heterocycles. The third-order valence-electron chi connectivity index (χ3n) is 2.46. The molecule has 0 aromatic rings. The summed E-state index contributed by atoms with van der Waals surface area (Å²) in [6.07, 6.45) is 0. The van der Waals surface area contributed by atoms with Crippen molar-refractivity contribution in [1.82, 2.24) is 10.2 Å². The third-order valence-corrected chi connectivity index (χ3v) is 2.46. The maximum Gasteiger partial charge on any atom is 0.317 e. The van der Waals surface area contributed by atoms with Crippen molar-refractivity contribution < 1.29 is 4.79 Å². The van der Waals surface area contributed by atoms with Crippen LogP contribution in [0, 0.1) is 10.8 Å². The summed E-state index contributed by atoms with van der Waals surface area (Å²) in [5, 5.41) is 10.1. The van der Waals surface area contributed by atoms with Crippen LogP contribution in [0.5, 0.6) is 0 Å². The Bertz CT molecular complexity index is 234. The summed E-state index contributed by atoms with van der Waals surface area (Å²) in [5.74, 6) is 0.0855. The predicted molar refractivity (Wildman–Crippen MR) is 62.0 cm³/mol. The van der Waals surface area contributed by atoms with Gasteiger partial charge < -0.3 is 16.0 Å². The van der Waals surface area contributed by atoms with Gasteiger partial charge in [-0.25, -0.2) is 4.79 Å². The van der Waals surface area contributed by atoms with E-state index in [-0.39, 0.29) is 11.9 Å². The smallest absolute Gasteiger partial charge is 0.317 e. The van der Waals surface area contributed by atoms with E-state index in [9.17, 15) is 4.79 Å². The van der Waals surface area contributed by atoms with Gasteiger partial charge in [0.2, 0.25) is 0 Å². The fraction of sp³-hybridized carbons (Fsp3) is 0.800. The number of carbonyl (C=O) groups excluding carboxylic acids is 1. The first-order valence-electron chi connectivity index (χ1n) is 5.22. The van der Waals surface area contributed by atoms with Crippen molar-refractivity contribution in [2.45, 2.75) is 27.7 Å². The van der Waals surface area contributed by atoms with Crippen LogP contribution in [0.4, 0.5) is 4.79 Å². The Balaban J connectivity index is 4.16. The van der Waals surface area contributed by atoms with Gasteiger partial charge in [0.15, 0.2) is 0 Å². The zero-order valence-corrected chi connectivity index (χ0v) is 10.1. The number of nitrogens with one attached hydrogen (secondary N) is 2. The standard InChI is InChI=1S/C10H22N4O/c1-5-14(6-2)9(15)13-7-10(3,4)8(11)12/h5-7H2,1-4H3,(H3,11,12)(H,13,15). The topological polar surface area (TPSA) is 82.2 Å². The molecule has 2 amide bonds. The first-order chi connectivity index (χ1) is 6.85. The highest BCUT2D eigenvalue weighted by molar-refractivity contribution is 5.84. The van der Waals surface area contributed by atoms with E-state index in [0.717, 1.165) is 0 Å². The highest BCUT2D eigenvalue weighted by Crippen LogP contribution is 2.12. The molecule has 0 spiro atoms. The Hall–Kier alpha value is -1.26. The predicted octanol–water partition coefficient (Wildman–Crippen LogP) is 1.000. The summed E-state index contributed by atoms with van der Waals surface area (Å²) < 4.78 is 0. The average molecular weight is 214 g/mol. The van der Waals surface area contributed by atoms with Crippen LogP contribution < -0.4 is 11.1 Å². The molecule has 5 heteroatoms. The Morgan fingerprint density at radius 2 is 1.87 bits per heavy atom. The van der Waals surface area contributed by atoms with E-state index in [1.54, 1.807) is 4.90 Å². The Morgan fingerprint density at radius 1 is 1.40 bits per heavy atom. The fourth-order valence-corrected chi connectivity index (χ4v) is 1.01. The van der Waals surface area contributed by atoms with Crippen LogP contribution in [-0.4, -0.2) is 36.4 Å². The molecule has 4 N–H and O–H groups in total. The van der Waals surface area contributed by atoms with Gasteiger partial charge in [-0.05, 0) is 13.8 Å². The van der Waals surface area contributed by atoms with Crippen LogP contribution in [0.2, 0.25) is 0 Å². The molecule has 0 saturated heterocycles. The summed E-state index contributed by atoms with van der Waals surface area (Å²) in [6.45, 7) is 9.28. The molecule has 15 heavy (non-hydrogen) atoms. The van der Waals surface area contributed by atoms with Gasteiger partial charge in [-0.15, -0.1) is 0 Å². The van der Waals surface area contributed by atoms with Crippen molar-refractivity contribution in [3.63, 3.8) is 0 Å². The Kier molecular flexibility index (Phi) is 5.11. The number of carbonyl (C=O) groups is 1. The summed E-state index contributed by atoms with van der Waals surface area (Å²) in [7, 11) is 0. The van der Waals surface area contributed by atoms with Gasteiger partial charge >= 0.3 is 6.03 Å². The number of urea groups is 1. The molecule has 0 aliphatic carbocycles. The molecular weight excluding hydrogens is 192 g/mol. The number of nitrogens with zero attached hydrogens (tertiary/aromatic N) is 1. The zero-order chi connectivity index (χ0) is 12.1. The number of amides is 2. The molecule has 0 radical (unpaired) electrons. The van der Waals surface area contributed by atoms with E-state index in [2.05, 4.69) is 5.32 Å². The Labute approximate surface area is 91.5 Å². The van der Waals surface area contributed by atoms with E-state index in [4.69, 9.17) is 11.1 Å². The minimum atomic E-state index is -0.483. The van der Waals surface area contributed by atoms with Gasteiger partial charge in [0.25, 0.3) is 0 Å². The monoisotopic (exact) mass is 214 g/mol. The minimum absolute atomic E-state index is 0.0855. The van der Waals surface area contributed by atoms with E-state index >= 15 is 0 Å². The molecule has 0 bridgehead atoms. The molecule has 0 aliphatic heterocycles. The van der Waals surface area contributed by atoms with Crippen molar-refractivity contribution in [2.24, 2.45) is 11.1 Å². The van der Waals surface area contributed by atoms with Crippen LogP contribution in [0.25, 0.3) is 0 Å². The van der Waals surface area contributed by atoms with Crippen LogP contribution in [0.3, 0.4) is 0 Å². The second-order valence-electron chi connectivity index (χ2n) is 4.13. The quantitative estimate of drug-likeness (QED) is 0.471. The molecule has 0 heterocycles. The first-order valence-corrected chi connectivity index (χ1v) is 5.22. The number of hydrogen-bond donors (Lipinski definition) is 3. The SMILES string of the molecule is CCN(CC)C(=O)NCC(C)(C)C(=N)N. The number of hydrogen-bond acceptors (Lipinski definition) is 2. The molecule has 0 rings (SSSR count). The lowest BCUT2D eigenvalue weighted by atomic mass is 9.92. The molecule has 0 fully saturated rings.